The zero-order valence-corrected chi connectivity index (χ0v) is 16.8. The highest BCUT2D eigenvalue weighted by Crippen LogP contribution is 2.16. The summed E-state index contributed by atoms with van der Waals surface area (Å²) in [5, 5.41) is 3.22. The van der Waals surface area contributed by atoms with Gasteiger partial charge in [-0.15, -0.1) is 0 Å². The van der Waals surface area contributed by atoms with Gasteiger partial charge in [0.2, 0.25) is 10.0 Å². The molecule has 3 rings (SSSR count). The smallest absolute Gasteiger partial charge is 0.255 e. The van der Waals surface area contributed by atoms with Gasteiger partial charge in [0.25, 0.3) is 5.91 Å². The third kappa shape index (κ3) is 5.61. The Morgan fingerprint density at radius 3 is 2.24 bits per heavy atom. The second-order valence-electron chi connectivity index (χ2n) is 6.22. The number of anilines is 1. The molecule has 1 amide bonds. The van der Waals surface area contributed by atoms with Gasteiger partial charge in [0, 0.05) is 41.3 Å². The maximum Gasteiger partial charge on any atom is 0.255 e. The first kappa shape index (κ1) is 20.9. The maximum atomic E-state index is 12.3. The number of carbonyl (C=O) groups is 1. The maximum absolute atomic E-state index is 12.3. The Labute approximate surface area is 174 Å². The lowest BCUT2D eigenvalue weighted by molar-refractivity contribution is 0.102. The number of nitrogens with one attached hydrogen (secondary N) is 2. The number of sulfonamides is 1. The van der Waals surface area contributed by atoms with E-state index in [1.165, 1.54) is 24.3 Å². The Bertz CT molecular complexity index is 1070. The zero-order chi connectivity index (χ0) is 20.9. The highest BCUT2D eigenvalue weighted by Gasteiger charge is 2.16. The quantitative estimate of drug-likeness (QED) is 0.533. The van der Waals surface area contributed by atoms with Gasteiger partial charge in [0.15, 0.2) is 0 Å². The Morgan fingerprint density at radius 1 is 1.00 bits per heavy atom. The van der Waals surface area contributed by atoms with E-state index in [2.05, 4.69) is 15.0 Å². The SMILES string of the molecule is NC(CNS(=O)(=O)c1ccc(Cl)cc1)c1ccc(C(=O)Nc2ccncc2)cc1. The van der Waals surface area contributed by atoms with Crippen LogP contribution in [0.25, 0.3) is 0 Å². The average molecular weight is 431 g/mol. The van der Waals surface area contributed by atoms with Crippen LogP contribution in [0.4, 0.5) is 5.69 Å². The van der Waals surface area contributed by atoms with Crippen LogP contribution in [0.1, 0.15) is 22.0 Å². The molecule has 4 N–H and O–H groups in total. The molecule has 0 radical (unpaired) electrons. The number of hydrogen-bond donors (Lipinski definition) is 3. The third-order valence-electron chi connectivity index (χ3n) is 4.16. The Hall–Kier alpha value is -2.78. The molecule has 29 heavy (non-hydrogen) atoms. The number of carbonyl (C=O) groups excluding carboxylic acids is 1. The fourth-order valence-electron chi connectivity index (χ4n) is 2.53. The lowest BCUT2D eigenvalue weighted by Crippen LogP contribution is -2.32. The van der Waals surface area contributed by atoms with Crippen molar-refractivity contribution in [2.75, 3.05) is 11.9 Å². The third-order valence-corrected chi connectivity index (χ3v) is 5.85. The number of halogens is 1. The number of aromatic nitrogens is 1. The van der Waals surface area contributed by atoms with Crippen LogP contribution in [0.3, 0.4) is 0 Å². The van der Waals surface area contributed by atoms with Gasteiger partial charge in [-0.05, 0) is 54.1 Å². The molecule has 0 aliphatic heterocycles. The van der Waals surface area contributed by atoms with Crippen molar-refractivity contribution in [3.05, 3.63) is 89.2 Å². The number of nitrogens with zero attached hydrogens (tertiary/aromatic N) is 1. The molecule has 0 aliphatic rings. The summed E-state index contributed by atoms with van der Waals surface area (Å²) in [5.41, 5.74) is 7.90. The van der Waals surface area contributed by atoms with Gasteiger partial charge in [-0.3, -0.25) is 9.78 Å². The fourth-order valence-corrected chi connectivity index (χ4v) is 3.72. The van der Waals surface area contributed by atoms with Gasteiger partial charge in [0.05, 0.1) is 4.90 Å². The number of pyridine rings is 1. The first-order valence-electron chi connectivity index (χ1n) is 8.67. The van der Waals surface area contributed by atoms with Crippen LogP contribution in [0.2, 0.25) is 5.02 Å². The summed E-state index contributed by atoms with van der Waals surface area (Å²) in [4.78, 5) is 16.3. The number of nitrogens with two attached hydrogens (primary N) is 1. The molecule has 1 unspecified atom stereocenters. The van der Waals surface area contributed by atoms with Gasteiger partial charge in [-0.2, -0.15) is 0 Å². The van der Waals surface area contributed by atoms with E-state index in [1.54, 1.807) is 48.8 Å². The Morgan fingerprint density at radius 2 is 1.62 bits per heavy atom. The van der Waals surface area contributed by atoms with Crippen molar-refractivity contribution >= 4 is 33.2 Å². The van der Waals surface area contributed by atoms with Gasteiger partial charge in [-0.1, -0.05) is 23.7 Å². The lowest BCUT2D eigenvalue weighted by atomic mass is 10.1. The van der Waals surface area contributed by atoms with Gasteiger partial charge in [0.1, 0.15) is 0 Å². The molecule has 2 aromatic carbocycles. The monoisotopic (exact) mass is 430 g/mol. The molecule has 0 bridgehead atoms. The minimum absolute atomic E-state index is 0.00746. The van der Waals surface area contributed by atoms with Crippen molar-refractivity contribution in [1.29, 1.82) is 0 Å². The number of benzene rings is 2. The van der Waals surface area contributed by atoms with E-state index in [0.717, 1.165) is 0 Å². The molecular formula is C20H19ClN4O3S. The molecule has 3 aromatic rings. The van der Waals surface area contributed by atoms with Crippen LogP contribution in [0, 0.1) is 0 Å². The van der Waals surface area contributed by atoms with E-state index >= 15 is 0 Å². The molecule has 1 aromatic heterocycles. The summed E-state index contributed by atoms with van der Waals surface area (Å²) in [5.74, 6) is -0.264. The largest absolute Gasteiger partial charge is 0.323 e. The van der Waals surface area contributed by atoms with Gasteiger partial charge < -0.3 is 11.1 Å². The molecule has 0 saturated heterocycles. The Kier molecular flexibility index (Phi) is 6.60. The van der Waals surface area contributed by atoms with Crippen molar-refractivity contribution in [2.45, 2.75) is 10.9 Å². The minimum Gasteiger partial charge on any atom is -0.323 e. The standard InChI is InChI=1S/C20H19ClN4O3S/c21-16-5-7-18(8-6-16)29(27,28)24-13-19(22)14-1-3-15(4-2-14)20(26)25-17-9-11-23-12-10-17/h1-12,19,24H,13,22H2,(H,23,25,26). The van der Waals surface area contributed by atoms with Crippen LogP contribution in [0.5, 0.6) is 0 Å². The van der Waals surface area contributed by atoms with Crippen LogP contribution < -0.4 is 15.8 Å². The van der Waals surface area contributed by atoms with Crippen LogP contribution in [-0.4, -0.2) is 25.9 Å². The van der Waals surface area contributed by atoms with Crippen molar-refractivity contribution in [3.8, 4) is 0 Å². The normalized spacial score (nSPS) is 12.3. The fraction of sp³-hybridized carbons (Fsp3) is 0.100. The number of amides is 1. The van der Waals surface area contributed by atoms with E-state index in [1.807, 2.05) is 0 Å². The second kappa shape index (κ2) is 9.15. The molecule has 0 spiro atoms. The number of hydrogen-bond acceptors (Lipinski definition) is 5. The zero-order valence-electron chi connectivity index (χ0n) is 15.2. The first-order chi connectivity index (χ1) is 13.8. The summed E-state index contributed by atoms with van der Waals surface area (Å²) in [6.45, 7) is 0.00746. The van der Waals surface area contributed by atoms with E-state index in [9.17, 15) is 13.2 Å². The summed E-state index contributed by atoms with van der Waals surface area (Å²) in [6, 6.07) is 15.3. The van der Waals surface area contributed by atoms with E-state index in [0.29, 0.717) is 21.8 Å². The van der Waals surface area contributed by atoms with Crippen LogP contribution >= 0.6 is 11.6 Å². The summed E-state index contributed by atoms with van der Waals surface area (Å²) < 4.78 is 27.1. The lowest BCUT2D eigenvalue weighted by Gasteiger charge is -2.14. The average Bonchev–Trinajstić information content (AvgIpc) is 2.73. The molecule has 1 atom stereocenters. The molecule has 150 valence electrons. The predicted molar refractivity (Wildman–Crippen MR) is 112 cm³/mol. The predicted octanol–water partition coefficient (Wildman–Crippen LogP) is 2.97. The minimum atomic E-state index is -3.69. The van der Waals surface area contributed by atoms with Crippen molar-refractivity contribution < 1.29 is 13.2 Å². The van der Waals surface area contributed by atoms with Crippen LogP contribution in [-0.2, 0) is 10.0 Å². The van der Waals surface area contributed by atoms with Crippen LogP contribution in [0.15, 0.2) is 78.0 Å². The number of rotatable bonds is 7. The van der Waals surface area contributed by atoms with E-state index in [4.69, 9.17) is 17.3 Å². The molecule has 1 heterocycles. The highest BCUT2D eigenvalue weighted by molar-refractivity contribution is 7.89. The van der Waals surface area contributed by atoms with Crippen molar-refractivity contribution in [3.63, 3.8) is 0 Å². The molecule has 0 aliphatic carbocycles. The second-order valence-corrected chi connectivity index (χ2v) is 8.43. The van der Waals surface area contributed by atoms with Crippen molar-refractivity contribution in [2.24, 2.45) is 5.73 Å². The van der Waals surface area contributed by atoms with E-state index < -0.39 is 16.1 Å². The van der Waals surface area contributed by atoms with Gasteiger partial charge in [-0.25, -0.2) is 13.1 Å². The molecule has 0 fully saturated rings. The summed E-state index contributed by atoms with van der Waals surface area (Å²) >= 11 is 5.78. The first-order valence-corrected chi connectivity index (χ1v) is 10.5. The molecule has 7 nitrogen and oxygen atoms in total. The van der Waals surface area contributed by atoms with Crippen molar-refractivity contribution in [1.82, 2.24) is 9.71 Å². The highest BCUT2D eigenvalue weighted by atomic mass is 35.5. The van der Waals surface area contributed by atoms with Gasteiger partial charge >= 0.3 is 0 Å². The summed E-state index contributed by atoms with van der Waals surface area (Å²) in [7, 11) is -3.69. The Balaban J connectivity index is 1.60. The molecule has 9 heteroatoms. The molecular weight excluding hydrogens is 412 g/mol. The topological polar surface area (TPSA) is 114 Å². The van der Waals surface area contributed by atoms with E-state index in [-0.39, 0.29) is 17.3 Å². The molecule has 0 saturated carbocycles. The summed E-state index contributed by atoms with van der Waals surface area (Å²) in [6.07, 6.45) is 3.17.